The van der Waals surface area contributed by atoms with E-state index in [4.69, 9.17) is 4.74 Å². The van der Waals surface area contributed by atoms with Crippen LogP contribution < -0.4 is 4.74 Å². The van der Waals surface area contributed by atoms with E-state index in [0.29, 0.717) is 11.3 Å². The van der Waals surface area contributed by atoms with Crippen molar-refractivity contribution in [1.82, 2.24) is 0 Å². The zero-order valence-corrected chi connectivity index (χ0v) is 14.9. The summed E-state index contributed by atoms with van der Waals surface area (Å²) in [5.41, 5.74) is 0.600. The van der Waals surface area contributed by atoms with Gasteiger partial charge in [0, 0.05) is 4.47 Å². The zero-order valence-electron chi connectivity index (χ0n) is 10.1. The second-order valence-corrected chi connectivity index (χ2v) is 11.1. The van der Waals surface area contributed by atoms with Gasteiger partial charge in [-0.1, -0.05) is 28.1 Å². The van der Waals surface area contributed by atoms with Crippen molar-refractivity contribution in [2.75, 3.05) is 7.11 Å². The van der Waals surface area contributed by atoms with Crippen LogP contribution in [-0.2, 0) is 4.57 Å². The lowest BCUT2D eigenvalue weighted by Crippen LogP contribution is -1.91. The minimum absolute atomic E-state index is 0.600. The fourth-order valence-corrected chi connectivity index (χ4v) is 1.98. The number of methoxy groups -OCH3 is 1. The fraction of sp³-hybridized carbons (Fsp3) is 0.0833. The number of ether oxygens (including phenoxy) is 1. The molecule has 0 saturated heterocycles. The lowest BCUT2D eigenvalue weighted by Gasteiger charge is -2.07. The molecule has 0 radical (unpaired) electrons. The summed E-state index contributed by atoms with van der Waals surface area (Å²) in [6.45, 7) is 0. The van der Waals surface area contributed by atoms with Gasteiger partial charge in [-0.2, -0.15) is 0 Å². The lowest BCUT2D eigenvalue weighted by molar-refractivity contribution is 0.112. The van der Waals surface area contributed by atoms with Gasteiger partial charge in [0.15, 0.2) is 6.29 Å². The summed E-state index contributed by atoms with van der Waals surface area (Å²) in [4.78, 5) is 11.0. The van der Waals surface area contributed by atoms with E-state index in [1.807, 2.05) is 24.3 Å². The van der Waals surface area contributed by atoms with Gasteiger partial charge < -0.3 is 4.74 Å². The van der Waals surface area contributed by atoms with Gasteiger partial charge in [0.05, 0.1) is 12.7 Å². The van der Waals surface area contributed by atoms with Gasteiger partial charge in [-0.3, -0.25) is 9.36 Å². The average molecular weight is 418 g/mol. The first-order chi connectivity index (χ1) is 9.26. The highest BCUT2D eigenvalue weighted by Crippen LogP contribution is 2.61. The molecular formula is C12H9BrCl3O3P. The van der Waals surface area contributed by atoms with Crippen LogP contribution in [0.2, 0.25) is 0 Å². The number of fused-ring (bicyclic) bond motifs is 1. The van der Waals surface area contributed by atoms with Crippen LogP contribution in [0.5, 0.6) is 5.75 Å². The number of hydrogen-bond acceptors (Lipinski definition) is 3. The Bertz CT molecular complexity index is 664. The van der Waals surface area contributed by atoms with E-state index in [-0.39, 0.29) is 0 Å². The quantitative estimate of drug-likeness (QED) is 0.429. The molecule has 0 aliphatic carbocycles. The van der Waals surface area contributed by atoms with Crippen LogP contribution in [0.4, 0.5) is 0 Å². The molecule has 0 N–H and O–H groups in total. The van der Waals surface area contributed by atoms with Gasteiger partial charge in [-0.05, 0) is 62.7 Å². The Morgan fingerprint density at radius 2 is 1.80 bits per heavy atom. The maximum atomic E-state index is 11.0. The van der Waals surface area contributed by atoms with Crippen LogP contribution in [-0.4, -0.2) is 13.4 Å². The molecule has 0 fully saturated rings. The summed E-state index contributed by atoms with van der Waals surface area (Å²) in [6, 6.07) is 9.53. The van der Waals surface area contributed by atoms with E-state index in [9.17, 15) is 9.36 Å². The number of benzene rings is 2. The molecule has 2 rings (SSSR count). The van der Waals surface area contributed by atoms with Crippen molar-refractivity contribution in [1.29, 1.82) is 0 Å². The van der Waals surface area contributed by atoms with Crippen molar-refractivity contribution in [2.24, 2.45) is 0 Å². The first kappa shape index (κ1) is 17.8. The molecule has 0 aromatic heterocycles. The first-order valence-corrected chi connectivity index (χ1v) is 10.4. The topological polar surface area (TPSA) is 43.4 Å². The van der Waals surface area contributed by atoms with E-state index in [1.165, 1.54) is 0 Å². The highest BCUT2D eigenvalue weighted by molar-refractivity contribution is 9.10. The Morgan fingerprint density at radius 3 is 2.30 bits per heavy atom. The Balaban J connectivity index is 0.000000347. The summed E-state index contributed by atoms with van der Waals surface area (Å²) in [5.74, 6) is 0.611. The highest BCUT2D eigenvalue weighted by Gasteiger charge is 2.07. The van der Waals surface area contributed by atoms with Crippen molar-refractivity contribution < 1.29 is 14.1 Å². The molecule has 3 nitrogen and oxygen atoms in total. The molecule has 0 saturated carbocycles. The Hall–Kier alpha value is -0.250. The van der Waals surface area contributed by atoms with Crippen molar-refractivity contribution in [3.05, 3.63) is 40.4 Å². The van der Waals surface area contributed by atoms with E-state index in [1.54, 1.807) is 13.2 Å². The van der Waals surface area contributed by atoms with Crippen molar-refractivity contribution in [3.8, 4) is 5.75 Å². The summed E-state index contributed by atoms with van der Waals surface area (Å²) in [7, 11) is 1.56. The Kier molecular flexibility index (Phi) is 6.83. The summed E-state index contributed by atoms with van der Waals surface area (Å²) in [5, 5.41) is -1.29. The van der Waals surface area contributed by atoms with Gasteiger partial charge in [0.2, 0.25) is 0 Å². The summed E-state index contributed by atoms with van der Waals surface area (Å²) >= 11 is 17.2. The second-order valence-electron chi connectivity index (χ2n) is 3.56. The molecule has 0 spiro atoms. The van der Waals surface area contributed by atoms with Crippen LogP contribution in [0.3, 0.4) is 0 Å². The highest BCUT2D eigenvalue weighted by atomic mass is 79.9. The number of hydrogen-bond donors (Lipinski definition) is 0. The van der Waals surface area contributed by atoms with E-state index in [0.717, 1.165) is 21.5 Å². The molecule has 0 bridgehead atoms. The number of halogens is 4. The Labute approximate surface area is 139 Å². The van der Waals surface area contributed by atoms with Gasteiger partial charge in [-0.25, -0.2) is 0 Å². The third-order valence-electron chi connectivity index (χ3n) is 2.32. The molecule has 0 heterocycles. The van der Waals surface area contributed by atoms with Crippen LogP contribution >= 0.6 is 54.9 Å². The minimum atomic E-state index is -3.22. The smallest absolute Gasteiger partial charge is 0.339 e. The Morgan fingerprint density at radius 1 is 1.20 bits per heavy atom. The van der Waals surface area contributed by atoms with E-state index < -0.39 is 5.20 Å². The minimum Gasteiger partial charge on any atom is -0.496 e. The molecule has 0 atom stereocenters. The predicted octanol–water partition coefficient (Wildman–Crippen LogP) is 6.23. The fourth-order valence-electron chi connectivity index (χ4n) is 1.60. The van der Waals surface area contributed by atoms with Crippen molar-refractivity contribution >= 4 is 71.9 Å². The summed E-state index contributed by atoms with van der Waals surface area (Å²) < 4.78 is 15.6. The molecular weight excluding hydrogens is 409 g/mol. The third-order valence-corrected chi connectivity index (χ3v) is 2.81. The SMILES string of the molecule is COc1ccc2cc(Br)ccc2c1C=O.O=P(Cl)(Cl)Cl. The van der Waals surface area contributed by atoms with Crippen molar-refractivity contribution in [3.63, 3.8) is 0 Å². The molecule has 0 aliphatic heterocycles. The van der Waals surface area contributed by atoms with E-state index in [2.05, 4.69) is 49.7 Å². The van der Waals surface area contributed by atoms with Crippen LogP contribution in [0.1, 0.15) is 10.4 Å². The van der Waals surface area contributed by atoms with Gasteiger partial charge in [0.1, 0.15) is 5.75 Å². The molecule has 0 aliphatic rings. The second kappa shape index (κ2) is 7.67. The van der Waals surface area contributed by atoms with E-state index >= 15 is 0 Å². The predicted molar refractivity (Wildman–Crippen MR) is 88.8 cm³/mol. The van der Waals surface area contributed by atoms with Gasteiger partial charge in [0.25, 0.3) is 0 Å². The monoisotopic (exact) mass is 416 g/mol. The lowest BCUT2D eigenvalue weighted by atomic mass is 10.0. The third kappa shape index (κ3) is 5.63. The normalized spacial score (nSPS) is 10.7. The number of carbonyl (C=O) groups is 1. The molecule has 2 aromatic carbocycles. The van der Waals surface area contributed by atoms with Gasteiger partial charge in [-0.15, -0.1) is 0 Å². The molecule has 108 valence electrons. The molecule has 8 heteroatoms. The standard InChI is InChI=1S/C12H9BrO2.Cl3OP/c1-15-12-5-2-8-6-9(13)3-4-10(8)11(12)7-14;1-5(2,3)4/h2-7H,1H3;. The van der Waals surface area contributed by atoms with Crippen LogP contribution in [0.25, 0.3) is 10.8 Å². The number of carbonyl (C=O) groups excluding carboxylic acids is 1. The summed E-state index contributed by atoms with van der Waals surface area (Å²) in [6.07, 6.45) is 0.828. The molecule has 0 amide bonds. The van der Waals surface area contributed by atoms with Crippen LogP contribution in [0, 0.1) is 0 Å². The average Bonchev–Trinajstić information content (AvgIpc) is 2.35. The number of aldehydes is 1. The molecule has 0 unspecified atom stereocenters. The maximum Gasteiger partial charge on any atom is 0.339 e. The molecule has 20 heavy (non-hydrogen) atoms. The first-order valence-electron chi connectivity index (χ1n) is 5.16. The largest absolute Gasteiger partial charge is 0.496 e. The molecule has 2 aromatic rings. The maximum absolute atomic E-state index is 11.0. The number of rotatable bonds is 2. The van der Waals surface area contributed by atoms with Crippen LogP contribution in [0.15, 0.2) is 34.8 Å². The van der Waals surface area contributed by atoms with Crippen molar-refractivity contribution in [2.45, 2.75) is 0 Å². The van der Waals surface area contributed by atoms with Gasteiger partial charge >= 0.3 is 5.20 Å². The zero-order chi connectivity index (χ0) is 15.3.